The lowest BCUT2D eigenvalue weighted by Gasteiger charge is -2.12. The van der Waals surface area contributed by atoms with E-state index in [0.29, 0.717) is 6.54 Å². The van der Waals surface area contributed by atoms with Gasteiger partial charge in [-0.3, -0.25) is 4.68 Å². The van der Waals surface area contributed by atoms with Crippen LogP contribution in [0.1, 0.15) is 57.0 Å². The Balaban J connectivity index is 1.83. The second kappa shape index (κ2) is 10.4. The highest BCUT2D eigenvalue weighted by molar-refractivity contribution is 5.79. The number of guanidine groups is 1. The second-order valence-electron chi connectivity index (χ2n) is 6.70. The van der Waals surface area contributed by atoms with Crippen LogP contribution in [0.4, 0.5) is 0 Å². The highest BCUT2D eigenvalue weighted by atomic mass is 16.5. The van der Waals surface area contributed by atoms with Gasteiger partial charge in [-0.1, -0.05) is 13.8 Å². The van der Waals surface area contributed by atoms with Gasteiger partial charge in [0.1, 0.15) is 0 Å². The first kappa shape index (κ1) is 19.8. The van der Waals surface area contributed by atoms with E-state index in [9.17, 15) is 0 Å². The zero-order valence-electron chi connectivity index (χ0n) is 16.4. The summed E-state index contributed by atoms with van der Waals surface area (Å²) in [5.74, 6) is 1.71. The van der Waals surface area contributed by atoms with Crippen LogP contribution in [0.15, 0.2) is 4.99 Å². The van der Waals surface area contributed by atoms with Gasteiger partial charge in [0.25, 0.3) is 0 Å². The summed E-state index contributed by atoms with van der Waals surface area (Å²) in [4.78, 5) is 4.77. The van der Waals surface area contributed by atoms with E-state index >= 15 is 0 Å². The second-order valence-corrected chi connectivity index (χ2v) is 6.70. The maximum atomic E-state index is 5.68. The van der Waals surface area contributed by atoms with Crippen molar-refractivity contribution in [2.24, 2.45) is 18.0 Å². The Labute approximate surface area is 152 Å². The maximum Gasteiger partial charge on any atom is 0.191 e. The predicted molar refractivity (Wildman–Crippen MR) is 103 cm³/mol. The molecule has 1 fully saturated rings. The molecule has 0 spiro atoms. The summed E-state index contributed by atoms with van der Waals surface area (Å²) in [5.41, 5.74) is 3.72. The molecule has 0 atom stereocenters. The summed E-state index contributed by atoms with van der Waals surface area (Å²) in [7, 11) is 2.02. The Hall–Kier alpha value is -1.56. The fraction of sp³-hybridized carbons (Fsp3) is 0.789. The fourth-order valence-corrected chi connectivity index (χ4v) is 2.99. The molecule has 0 saturated heterocycles. The van der Waals surface area contributed by atoms with Gasteiger partial charge in [0.2, 0.25) is 0 Å². The van der Waals surface area contributed by atoms with Crippen molar-refractivity contribution >= 4 is 5.96 Å². The highest BCUT2D eigenvalue weighted by Gasteiger charge is 2.20. The molecule has 1 heterocycles. The first-order chi connectivity index (χ1) is 12.2. The van der Waals surface area contributed by atoms with Crippen LogP contribution < -0.4 is 10.6 Å². The number of aromatic nitrogens is 2. The molecular formula is C19H35N5O. The third-order valence-corrected chi connectivity index (χ3v) is 4.58. The molecule has 142 valence electrons. The average Bonchev–Trinajstić information content (AvgIpc) is 3.38. The van der Waals surface area contributed by atoms with Crippen LogP contribution in [-0.4, -0.2) is 42.0 Å². The number of ether oxygens (including phenoxy) is 1. The molecule has 0 bridgehead atoms. The summed E-state index contributed by atoms with van der Waals surface area (Å²) < 4.78 is 7.68. The number of hydrogen-bond acceptors (Lipinski definition) is 3. The molecule has 6 nitrogen and oxygen atoms in total. The van der Waals surface area contributed by atoms with Gasteiger partial charge < -0.3 is 15.4 Å². The van der Waals surface area contributed by atoms with Gasteiger partial charge in [-0.05, 0) is 44.9 Å². The van der Waals surface area contributed by atoms with Crippen LogP contribution in [0.25, 0.3) is 0 Å². The van der Waals surface area contributed by atoms with E-state index in [1.54, 1.807) is 0 Å². The number of aryl methyl sites for hydroxylation is 2. The highest BCUT2D eigenvalue weighted by Crippen LogP contribution is 2.28. The summed E-state index contributed by atoms with van der Waals surface area (Å²) in [6, 6.07) is 0. The van der Waals surface area contributed by atoms with Crippen LogP contribution in [0.3, 0.4) is 0 Å². The van der Waals surface area contributed by atoms with Gasteiger partial charge in [0.05, 0.1) is 12.2 Å². The van der Waals surface area contributed by atoms with Crippen LogP contribution in [0.2, 0.25) is 0 Å². The van der Waals surface area contributed by atoms with Crippen LogP contribution in [-0.2, 0) is 31.2 Å². The number of hydrogen-bond donors (Lipinski definition) is 2. The zero-order valence-corrected chi connectivity index (χ0v) is 16.4. The molecule has 25 heavy (non-hydrogen) atoms. The van der Waals surface area contributed by atoms with Crippen molar-refractivity contribution in [2.75, 3.05) is 26.3 Å². The van der Waals surface area contributed by atoms with E-state index in [1.807, 2.05) is 11.7 Å². The summed E-state index contributed by atoms with van der Waals surface area (Å²) >= 11 is 0. The van der Waals surface area contributed by atoms with E-state index in [2.05, 4.69) is 36.5 Å². The van der Waals surface area contributed by atoms with Gasteiger partial charge >= 0.3 is 0 Å². The summed E-state index contributed by atoms with van der Waals surface area (Å²) in [6.45, 7) is 10.6. The molecule has 2 N–H and O–H groups in total. The molecule has 1 aliphatic carbocycles. The van der Waals surface area contributed by atoms with Crippen molar-refractivity contribution in [3.63, 3.8) is 0 Å². The molecule has 1 aliphatic rings. The van der Waals surface area contributed by atoms with E-state index in [4.69, 9.17) is 9.73 Å². The lowest BCUT2D eigenvalue weighted by atomic mass is 10.1. The summed E-state index contributed by atoms with van der Waals surface area (Å²) in [5, 5.41) is 11.4. The van der Waals surface area contributed by atoms with Crippen molar-refractivity contribution in [3.05, 3.63) is 17.0 Å². The third kappa shape index (κ3) is 6.34. The standard InChI is InChI=1S/C19H35N5O/c1-5-17-16(18(6-2)24(4)23-17)13-22-19(20-7-3)21-11-8-12-25-14-15-9-10-15/h15H,5-14H2,1-4H3,(H2,20,21,22). The number of aliphatic imine (C=N–C) groups is 1. The van der Waals surface area contributed by atoms with E-state index in [1.165, 1.54) is 24.1 Å². The fourth-order valence-electron chi connectivity index (χ4n) is 2.99. The largest absolute Gasteiger partial charge is 0.381 e. The first-order valence-corrected chi connectivity index (χ1v) is 9.83. The van der Waals surface area contributed by atoms with E-state index in [0.717, 1.165) is 63.1 Å². The molecule has 1 aromatic heterocycles. The SMILES string of the molecule is CCNC(=NCc1c(CC)nn(C)c1CC)NCCCOCC1CC1. The molecule has 6 heteroatoms. The van der Waals surface area contributed by atoms with Crippen molar-refractivity contribution in [2.45, 2.75) is 59.4 Å². The molecule has 2 rings (SSSR count). The topological polar surface area (TPSA) is 63.5 Å². The Kier molecular flexibility index (Phi) is 8.25. The lowest BCUT2D eigenvalue weighted by Crippen LogP contribution is -2.38. The Bertz CT molecular complexity index is 548. The van der Waals surface area contributed by atoms with Crippen molar-refractivity contribution in [1.29, 1.82) is 0 Å². The minimum atomic E-state index is 0.674. The number of rotatable bonds is 11. The molecule has 0 aromatic carbocycles. The number of nitrogens with one attached hydrogen (secondary N) is 2. The monoisotopic (exact) mass is 349 g/mol. The normalized spacial score (nSPS) is 14.8. The lowest BCUT2D eigenvalue weighted by molar-refractivity contribution is 0.123. The van der Waals surface area contributed by atoms with Crippen LogP contribution in [0.5, 0.6) is 0 Å². The van der Waals surface area contributed by atoms with Gasteiger partial charge in [0, 0.05) is 44.6 Å². The molecule has 0 unspecified atom stereocenters. The van der Waals surface area contributed by atoms with E-state index in [-0.39, 0.29) is 0 Å². The third-order valence-electron chi connectivity index (χ3n) is 4.58. The Morgan fingerprint density at radius 2 is 2.04 bits per heavy atom. The van der Waals surface area contributed by atoms with E-state index < -0.39 is 0 Å². The summed E-state index contributed by atoms with van der Waals surface area (Å²) in [6.07, 6.45) is 5.63. The minimum Gasteiger partial charge on any atom is -0.381 e. The van der Waals surface area contributed by atoms with Crippen LogP contribution >= 0.6 is 0 Å². The van der Waals surface area contributed by atoms with Crippen LogP contribution in [0, 0.1) is 5.92 Å². The molecule has 1 aromatic rings. The Morgan fingerprint density at radius 1 is 1.24 bits per heavy atom. The zero-order chi connectivity index (χ0) is 18.1. The van der Waals surface area contributed by atoms with Crippen molar-refractivity contribution < 1.29 is 4.74 Å². The van der Waals surface area contributed by atoms with Crippen molar-refractivity contribution in [1.82, 2.24) is 20.4 Å². The number of nitrogens with zero attached hydrogens (tertiary/aromatic N) is 3. The molecule has 1 saturated carbocycles. The van der Waals surface area contributed by atoms with Gasteiger partial charge in [0.15, 0.2) is 5.96 Å². The molecule has 0 amide bonds. The molecular weight excluding hydrogens is 314 g/mol. The smallest absolute Gasteiger partial charge is 0.191 e. The maximum absolute atomic E-state index is 5.68. The van der Waals surface area contributed by atoms with Gasteiger partial charge in [-0.15, -0.1) is 0 Å². The van der Waals surface area contributed by atoms with Gasteiger partial charge in [-0.2, -0.15) is 5.10 Å². The predicted octanol–water partition coefficient (Wildman–Crippen LogP) is 2.42. The first-order valence-electron chi connectivity index (χ1n) is 9.83. The molecule has 0 radical (unpaired) electrons. The minimum absolute atomic E-state index is 0.674. The quantitative estimate of drug-likeness (QED) is 0.366. The van der Waals surface area contributed by atoms with Crippen molar-refractivity contribution in [3.8, 4) is 0 Å². The molecule has 0 aliphatic heterocycles. The average molecular weight is 350 g/mol. The van der Waals surface area contributed by atoms with Gasteiger partial charge in [-0.25, -0.2) is 4.99 Å². The Morgan fingerprint density at radius 3 is 2.68 bits per heavy atom.